The first-order valence-electron chi connectivity index (χ1n) is 6.52. The summed E-state index contributed by atoms with van der Waals surface area (Å²) in [6.07, 6.45) is 0.409. The molecule has 110 valence electrons. The Bertz CT molecular complexity index is 648. The van der Waals surface area contributed by atoms with Crippen molar-refractivity contribution in [2.24, 2.45) is 0 Å². The van der Waals surface area contributed by atoms with Gasteiger partial charge < -0.3 is 10.4 Å². The van der Waals surface area contributed by atoms with E-state index >= 15 is 0 Å². The van der Waals surface area contributed by atoms with Crippen LogP contribution < -0.4 is 5.32 Å². The van der Waals surface area contributed by atoms with Gasteiger partial charge in [0.1, 0.15) is 0 Å². The fourth-order valence-corrected chi connectivity index (χ4v) is 2.73. The van der Waals surface area contributed by atoms with Crippen LogP contribution in [0.3, 0.4) is 0 Å². The Morgan fingerprint density at radius 1 is 1.29 bits per heavy atom. The molecule has 0 bridgehead atoms. The number of aliphatic carboxylic acids is 1. The summed E-state index contributed by atoms with van der Waals surface area (Å²) in [6.45, 7) is 1.85. The molecule has 0 aromatic heterocycles. The molecule has 3 nitrogen and oxygen atoms in total. The van der Waals surface area contributed by atoms with Crippen molar-refractivity contribution < 1.29 is 9.90 Å². The standard InChI is InChI=1S/C16H15BrClNO2/c1-2-16(15(20)21,11-6-4-3-5-7-11)19-12-8-9-14(18)13(17)10-12/h3-10,19H,2H2,1H3,(H,20,21). The van der Waals surface area contributed by atoms with Gasteiger partial charge in [0.05, 0.1) is 5.02 Å². The first-order chi connectivity index (χ1) is 9.99. The molecule has 2 rings (SSSR count). The smallest absolute Gasteiger partial charge is 0.334 e. The van der Waals surface area contributed by atoms with E-state index in [9.17, 15) is 9.90 Å². The molecule has 0 fully saturated rings. The number of anilines is 1. The topological polar surface area (TPSA) is 49.3 Å². The minimum Gasteiger partial charge on any atom is -0.479 e. The summed E-state index contributed by atoms with van der Waals surface area (Å²) in [7, 11) is 0. The number of hydrogen-bond donors (Lipinski definition) is 2. The highest BCUT2D eigenvalue weighted by molar-refractivity contribution is 9.10. The van der Waals surface area contributed by atoms with E-state index < -0.39 is 11.5 Å². The molecule has 1 unspecified atom stereocenters. The summed E-state index contributed by atoms with van der Waals surface area (Å²) in [4.78, 5) is 11.9. The van der Waals surface area contributed by atoms with Crippen molar-refractivity contribution in [2.45, 2.75) is 18.9 Å². The lowest BCUT2D eigenvalue weighted by atomic mass is 9.87. The van der Waals surface area contributed by atoms with Crippen molar-refractivity contribution in [3.8, 4) is 0 Å². The maximum absolute atomic E-state index is 11.9. The van der Waals surface area contributed by atoms with Gasteiger partial charge in [-0.25, -0.2) is 4.79 Å². The van der Waals surface area contributed by atoms with Gasteiger partial charge in [-0.05, 0) is 46.1 Å². The predicted molar refractivity (Wildman–Crippen MR) is 88.8 cm³/mol. The third-order valence-electron chi connectivity index (χ3n) is 3.44. The highest BCUT2D eigenvalue weighted by Gasteiger charge is 2.38. The van der Waals surface area contributed by atoms with Crippen LogP contribution in [0.15, 0.2) is 53.0 Å². The molecule has 2 aromatic rings. The van der Waals surface area contributed by atoms with E-state index in [1.165, 1.54) is 0 Å². The van der Waals surface area contributed by atoms with E-state index in [2.05, 4.69) is 21.2 Å². The van der Waals surface area contributed by atoms with Crippen molar-refractivity contribution in [3.63, 3.8) is 0 Å². The van der Waals surface area contributed by atoms with Crippen LogP contribution in [0.25, 0.3) is 0 Å². The van der Waals surface area contributed by atoms with Crippen LogP contribution in [0.4, 0.5) is 5.69 Å². The van der Waals surface area contributed by atoms with E-state index in [1.54, 1.807) is 18.2 Å². The molecule has 1 atom stereocenters. The van der Waals surface area contributed by atoms with Gasteiger partial charge in [0, 0.05) is 10.2 Å². The molecule has 0 spiro atoms. The maximum Gasteiger partial charge on any atom is 0.334 e. The summed E-state index contributed by atoms with van der Waals surface area (Å²) in [5.74, 6) is -0.915. The van der Waals surface area contributed by atoms with Crippen LogP contribution in [0.2, 0.25) is 5.02 Å². The van der Waals surface area contributed by atoms with Crippen molar-refractivity contribution in [1.82, 2.24) is 0 Å². The van der Waals surface area contributed by atoms with Crippen LogP contribution in [0.1, 0.15) is 18.9 Å². The Morgan fingerprint density at radius 2 is 1.95 bits per heavy atom. The van der Waals surface area contributed by atoms with E-state index in [0.29, 0.717) is 22.7 Å². The molecule has 0 heterocycles. The number of carboxylic acid groups (broad SMARTS) is 1. The zero-order valence-electron chi connectivity index (χ0n) is 11.4. The van der Waals surface area contributed by atoms with Gasteiger partial charge in [0.2, 0.25) is 0 Å². The second kappa shape index (κ2) is 6.50. The van der Waals surface area contributed by atoms with E-state index in [1.807, 2.05) is 37.3 Å². The van der Waals surface area contributed by atoms with Gasteiger partial charge in [-0.1, -0.05) is 48.9 Å². The number of halogens is 2. The number of carbonyl (C=O) groups is 1. The first-order valence-corrected chi connectivity index (χ1v) is 7.69. The molecular weight excluding hydrogens is 354 g/mol. The van der Waals surface area contributed by atoms with E-state index in [-0.39, 0.29) is 0 Å². The Labute approximate surface area is 137 Å². The van der Waals surface area contributed by atoms with Crippen molar-refractivity contribution in [3.05, 3.63) is 63.6 Å². The summed E-state index contributed by atoms with van der Waals surface area (Å²) in [6, 6.07) is 14.4. The third kappa shape index (κ3) is 3.22. The fourth-order valence-electron chi connectivity index (χ4n) is 2.24. The molecule has 0 amide bonds. The molecule has 5 heteroatoms. The average molecular weight is 369 g/mol. The highest BCUT2D eigenvalue weighted by atomic mass is 79.9. The second-order valence-corrected chi connectivity index (χ2v) is 5.95. The van der Waals surface area contributed by atoms with Crippen LogP contribution >= 0.6 is 27.5 Å². The molecular formula is C16H15BrClNO2. The van der Waals surface area contributed by atoms with Gasteiger partial charge >= 0.3 is 5.97 Å². The number of rotatable bonds is 5. The van der Waals surface area contributed by atoms with Crippen LogP contribution in [0, 0.1) is 0 Å². The summed E-state index contributed by atoms with van der Waals surface area (Å²) < 4.78 is 0.720. The average Bonchev–Trinajstić information content (AvgIpc) is 2.49. The van der Waals surface area contributed by atoms with Crippen molar-refractivity contribution in [1.29, 1.82) is 0 Å². The number of benzene rings is 2. The maximum atomic E-state index is 11.9. The minimum absolute atomic E-state index is 0.409. The zero-order valence-corrected chi connectivity index (χ0v) is 13.8. The molecule has 0 aliphatic heterocycles. The lowest BCUT2D eigenvalue weighted by Crippen LogP contribution is -2.43. The molecule has 0 saturated carbocycles. The van der Waals surface area contributed by atoms with E-state index in [0.717, 1.165) is 4.47 Å². The number of carboxylic acids is 1. The Morgan fingerprint density at radius 3 is 2.48 bits per heavy atom. The second-order valence-electron chi connectivity index (χ2n) is 4.68. The van der Waals surface area contributed by atoms with Gasteiger partial charge in [0.25, 0.3) is 0 Å². The molecule has 2 N–H and O–H groups in total. The van der Waals surface area contributed by atoms with Crippen molar-refractivity contribution in [2.75, 3.05) is 5.32 Å². The number of nitrogens with one attached hydrogen (secondary N) is 1. The summed E-state index contributed by atoms with van der Waals surface area (Å²) in [5, 5.41) is 13.5. The summed E-state index contributed by atoms with van der Waals surface area (Å²) in [5.41, 5.74) is 0.236. The van der Waals surface area contributed by atoms with Gasteiger partial charge in [-0.15, -0.1) is 0 Å². The molecule has 0 saturated heterocycles. The predicted octanol–water partition coefficient (Wildman–Crippen LogP) is 4.90. The van der Waals surface area contributed by atoms with Crippen molar-refractivity contribution >= 4 is 39.2 Å². The Balaban J connectivity index is 2.46. The number of hydrogen-bond acceptors (Lipinski definition) is 2. The lowest BCUT2D eigenvalue weighted by Gasteiger charge is -2.31. The van der Waals surface area contributed by atoms with Gasteiger partial charge in [0.15, 0.2) is 5.54 Å². The van der Waals surface area contributed by atoms with Gasteiger partial charge in [-0.2, -0.15) is 0 Å². The SMILES string of the molecule is CCC(Nc1ccc(Cl)c(Br)c1)(C(=O)O)c1ccccc1. The van der Waals surface area contributed by atoms with Crippen LogP contribution in [-0.4, -0.2) is 11.1 Å². The van der Waals surface area contributed by atoms with Crippen LogP contribution in [0.5, 0.6) is 0 Å². The Hall–Kier alpha value is -1.52. The van der Waals surface area contributed by atoms with Gasteiger partial charge in [-0.3, -0.25) is 0 Å². The quantitative estimate of drug-likeness (QED) is 0.789. The molecule has 2 aromatic carbocycles. The minimum atomic E-state index is -1.17. The molecule has 0 radical (unpaired) electrons. The molecule has 0 aliphatic carbocycles. The molecule has 0 aliphatic rings. The highest BCUT2D eigenvalue weighted by Crippen LogP contribution is 2.33. The summed E-state index contributed by atoms with van der Waals surface area (Å²) >= 11 is 9.32. The largest absolute Gasteiger partial charge is 0.479 e. The lowest BCUT2D eigenvalue weighted by molar-refractivity contribution is -0.142. The van der Waals surface area contributed by atoms with Crippen LogP contribution in [-0.2, 0) is 10.3 Å². The first kappa shape index (κ1) is 15.9. The fraction of sp³-hybridized carbons (Fsp3) is 0.188. The molecule has 21 heavy (non-hydrogen) atoms. The Kier molecular flexibility index (Phi) is 4.91. The monoisotopic (exact) mass is 367 g/mol. The van der Waals surface area contributed by atoms with E-state index in [4.69, 9.17) is 11.6 Å². The normalized spacial score (nSPS) is 13.5. The third-order valence-corrected chi connectivity index (χ3v) is 4.65. The zero-order chi connectivity index (χ0) is 15.5.